The van der Waals surface area contributed by atoms with Crippen LogP contribution in [0, 0.1) is 0 Å². The lowest BCUT2D eigenvalue weighted by molar-refractivity contribution is 0.859. The van der Waals surface area contributed by atoms with Gasteiger partial charge < -0.3 is 16.4 Å². The number of rotatable bonds is 3. The van der Waals surface area contributed by atoms with Crippen LogP contribution in [0.15, 0.2) is 34.5 Å². The summed E-state index contributed by atoms with van der Waals surface area (Å²) < 4.78 is 0. The van der Waals surface area contributed by atoms with Crippen molar-refractivity contribution in [1.29, 1.82) is 0 Å². The van der Waals surface area contributed by atoms with Gasteiger partial charge in [-0.15, -0.1) is 5.10 Å². The minimum absolute atomic E-state index is 0.0336. The summed E-state index contributed by atoms with van der Waals surface area (Å²) in [6.07, 6.45) is 1.63. The average molecular weight is 263 g/mol. The first kappa shape index (κ1) is 12.8. The van der Waals surface area contributed by atoms with Crippen LogP contribution in [0.4, 0.5) is 5.69 Å². The van der Waals surface area contributed by atoms with E-state index in [1.807, 2.05) is 23.9 Å². The smallest absolute Gasteiger partial charge is 0.211 e. The third-order valence-electron chi connectivity index (χ3n) is 2.65. The Morgan fingerprint density at radius 3 is 2.44 bits per heavy atom. The van der Waals surface area contributed by atoms with E-state index in [-0.39, 0.29) is 5.96 Å². The van der Waals surface area contributed by atoms with E-state index >= 15 is 0 Å². The molecule has 1 aromatic carbocycles. The largest absolute Gasteiger partial charge is 0.370 e. The Kier molecular flexibility index (Phi) is 4.46. The number of nitrogens with zero attached hydrogens (tertiary/aromatic N) is 3. The molecule has 1 saturated heterocycles. The van der Waals surface area contributed by atoms with Crippen LogP contribution in [-0.4, -0.2) is 36.8 Å². The Morgan fingerprint density at radius 1 is 1.17 bits per heavy atom. The van der Waals surface area contributed by atoms with Gasteiger partial charge in [0.1, 0.15) is 0 Å². The summed E-state index contributed by atoms with van der Waals surface area (Å²) in [7, 11) is 0. The monoisotopic (exact) mass is 263 g/mol. The molecular formula is C12H17N5S. The van der Waals surface area contributed by atoms with Gasteiger partial charge in [-0.2, -0.15) is 16.9 Å². The third kappa shape index (κ3) is 3.66. The van der Waals surface area contributed by atoms with Gasteiger partial charge in [0.15, 0.2) is 0 Å². The molecule has 0 atom stereocenters. The van der Waals surface area contributed by atoms with Gasteiger partial charge in [0.05, 0.1) is 6.21 Å². The van der Waals surface area contributed by atoms with Crippen molar-refractivity contribution in [3.05, 3.63) is 29.8 Å². The normalized spacial score (nSPS) is 15.9. The van der Waals surface area contributed by atoms with E-state index in [1.54, 1.807) is 6.21 Å². The van der Waals surface area contributed by atoms with E-state index in [9.17, 15) is 0 Å². The Balaban J connectivity index is 2.00. The number of thioether (sulfide) groups is 1. The molecule has 6 heteroatoms. The van der Waals surface area contributed by atoms with Crippen molar-refractivity contribution in [2.24, 2.45) is 21.7 Å². The van der Waals surface area contributed by atoms with E-state index in [0.29, 0.717) is 0 Å². The van der Waals surface area contributed by atoms with Gasteiger partial charge in [0.25, 0.3) is 0 Å². The molecule has 96 valence electrons. The molecule has 5 nitrogen and oxygen atoms in total. The molecule has 0 amide bonds. The summed E-state index contributed by atoms with van der Waals surface area (Å²) in [6, 6.07) is 8.24. The van der Waals surface area contributed by atoms with Gasteiger partial charge in [-0.25, -0.2) is 0 Å². The average Bonchev–Trinajstić information content (AvgIpc) is 2.40. The molecule has 1 fully saturated rings. The second-order valence-corrected chi connectivity index (χ2v) is 5.19. The molecule has 0 aliphatic carbocycles. The highest BCUT2D eigenvalue weighted by molar-refractivity contribution is 7.99. The molecule has 0 spiro atoms. The summed E-state index contributed by atoms with van der Waals surface area (Å²) in [4.78, 5) is 2.40. The highest BCUT2D eigenvalue weighted by atomic mass is 32.2. The molecular weight excluding hydrogens is 246 g/mol. The number of benzene rings is 1. The third-order valence-corrected chi connectivity index (χ3v) is 3.59. The van der Waals surface area contributed by atoms with E-state index < -0.39 is 0 Å². The summed E-state index contributed by atoms with van der Waals surface area (Å²) in [5, 5.41) is 7.34. The molecule has 0 radical (unpaired) electrons. The predicted molar refractivity (Wildman–Crippen MR) is 79.4 cm³/mol. The van der Waals surface area contributed by atoms with Gasteiger partial charge in [-0.3, -0.25) is 0 Å². The standard InChI is InChI=1S/C12H17N5S/c13-12(14)16-15-9-10-1-3-11(4-2-10)17-5-7-18-8-6-17/h1-4,9H,5-8H2,(H4,13,14,16). The second kappa shape index (κ2) is 6.30. The van der Waals surface area contributed by atoms with Crippen LogP contribution >= 0.6 is 11.8 Å². The number of guanidine groups is 1. The Labute approximate surface area is 111 Å². The second-order valence-electron chi connectivity index (χ2n) is 3.96. The summed E-state index contributed by atoms with van der Waals surface area (Å²) in [5.41, 5.74) is 12.6. The molecule has 4 N–H and O–H groups in total. The topological polar surface area (TPSA) is 80.0 Å². The van der Waals surface area contributed by atoms with Gasteiger partial charge >= 0.3 is 0 Å². The number of anilines is 1. The number of nitrogens with two attached hydrogens (primary N) is 2. The zero-order valence-electron chi connectivity index (χ0n) is 10.1. The zero-order chi connectivity index (χ0) is 12.8. The van der Waals surface area contributed by atoms with Crippen molar-refractivity contribution in [1.82, 2.24) is 0 Å². The fraction of sp³-hybridized carbons (Fsp3) is 0.333. The van der Waals surface area contributed by atoms with Crippen LogP contribution in [0.3, 0.4) is 0 Å². The van der Waals surface area contributed by atoms with Gasteiger partial charge in [-0.1, -0.05) is 12.1 Å². The summed E-state index contributed by atoms with van der Waals surface area (Å²) >= 11 is 2.01. The maximum absolute atomic E-state index is 5.18. The van der Waals surface area contributed by atoms with E-state index in [2.05, 4.69) is 27.2 Å². The van der Waals surface area contributed by atoms with Crippen LogP contribution < -0.4 is 16.4 Å². The molecule has 1 aliphatic rings. The Morgan fingerprint density at radius 2 is 1.83 bits per heavy atom. The van der Waals surface area contributed by atoms with Gasteiger partial charge in [0.2, 0.25) is 5.96 Å². The molecule has 0 saturated carbocycles. The van der Waals surface area contributed by atoms with E-state index in [4.69, 9.17) is 11.5 Å². The lowest BCUT2D eigenvalue weighted by Crippen LogP contribution is -2.32. The molecule has 1 aromatic rings. The van der Waals surface area contributed by atoms with Crippen molar-refractivity contribution in [3.8, 4) is 0 Å². The molecule has 1 heterocycles. The first-order valence-corrected chi connectivity index (χ1v) is 6.96. The van der Waals surface area contributed by atoms with Crippen molar-refractivity contribution >= 4 is 29.6 Å². The first-order valence-electron chi connectivity index (χ1n) is 5.80. The quantitative estimate of drug-likeness (QED) is 0.481. The summed E-state index contributed by atoms with van der Waals surface area (Å²) in [6.45, 7) is 2.23. The van der Waals surface area contributed by atoms with Crippen LogP contribution in [0.2, 0.25) is 0 Å². The van der Waals surface area contributed by atoms with E-state index in [1.165, 1.54) is 17.2 Å². The molecule has 0 aromatic heterocycles. The Hall–Kier alpha value is -1.69. The fourth-order valence-electron chi connectivity index (χ4n) is 1.75. The highest BCUT2D eigenvalue weighted by Crippen LogP contribution is 2.19. The van der Waals surface area contributed by atoms with Crippen molar-refractivity contribution in [2.75, 3.05) is 29.5 Å². The molecule has 2 rings (SSSR count). The molecule has 0 unspecified atom stereocenters. The van der Waals surface area contributed by atoms with Crippen LogP contribution in [0.25, 0.3) is 0 Å². The lowest BCUT2D eigenvalue weighted by atomic mass is 10.2. The zero-order valence-corrected chi connectivity index (χ0v) is 10.9. The minimum Gasteiger partial charge on any atom is -0.370 e. The Bertz CT molecular complexity index is 430. The minimum atomic E-state index is -0.0336. The molecule has 18 heavy (non-hydrogen) atoms. The number of hydrogen-bond donors (Lipinski definition) is 2. The van der Waals surface area contributed by atoms with Crippen LogP contribution in [-0.2, 0) is 0 Å². The number of hydrogen-bond acceptors (Lipinski definition) is 4. The molecule has 0 bridgehead atoms. The maximum atomic E-state index is 5.18. The lowest BCUT2D eigenvalue weighted by Gasteiger charge is -2.28. The van der Waals surface area contributed by atoms with Crippen LogP contribution in [0.5, 0.6) is 0 Å². The van der Waals surface area contributed by atoms with E-state index in [0.717, 1.165) is 18.7 Å². The van der Waals surface area contributed by atoms with Crippen LogP contribution in [0.1, 0.15) is 5.56 Å². The van der Waals surface area contributed by atoms with Crippen molar-refractivity contribution < 1.29 is 0 Å². The first-order chi connectivity index (χ1) is 8.75. The SMILES string of the molecule is NC(N)=NN=Cc1ccc(N2CCSCC2)cc1. The summed E-state index contributed by atoms with van der Waals surface area (Å²) in [5.74, 6) is 2.37. The van der Waals surface area contributed by atoms with Gasteiger partial charge in [0, 0.05) is 30.3 Å². The van der Waals surface area contributed by atoms with Crippen molar-refractivity contribution in [2.45, 2.75) is 0 Å². The highest BCUT2D eigenvalue weighted by Gasteiger charge is 2.10. The van der Waals surface area contributed by atoms with Crippen molar-refractivity contribution in [3.63, 3.8) is 0 Å². The maximum Gasteiger partial charge on any atom is 0.211 e. The van der Waals surface area contributed by atoms with Gasteiger partial charge in [-0.05, 0) is 17.7 Å². The fourth-order valence-corrected chi connectivity index (χ4v) is 2.66. The molecule has 1 aliphatic heterocycles. The predicted octanol–water partition coefficient (Wildman–Crippen LogP) is 0.847.